The third-order valence-electron chi connectivity index (χ3n) is 4.71. The molecule has 0 aromatic carbocycles. The Labute approximate surface area is 122 Å². The van der Waals surface area contributed by atoms with Crippen molar-refractivity contribution in [1.82, 2.24) is 10.6 Å². The molecular weight excluding hydrogens is 254 g/mol. The molecule has 1 spiro atoms. The highest BCUT2D eigenvalue weighted by Gasteiger charge is 2.56. The Bertz CT molecular complexity index is 327. The molecule has 0 heterocycles. The van der Waals surface area contributed by atoms with Gasteiger partial charge in [-0.1, -0.05) is 12.8 Å². The van der Waals surface area contributed by atoms with E-state index in [1.54, 1.807) is 0 Å². The van der Waals surface area contributed by atoms with Crippen LogP contribution >= 0.6 is 0 Å². The predicted octanol–water partition coefficient (Wildman–Crippen LogP) is 1.27. The molecule has 0 aromatic heterocycles. The maximum atomic E-state index is 8.92. The first-order valence-corrected chi connectivity index (χ1v) is 8.04. The Morgan fingerprint density at radius 1 is 1.35 bits per heavy atom. The molecule has 0 saturated heterocycles. The molecule has 2 aliphatic rings. The average molecular weight is 283 g/mol. The SMILES string of the molecule is CCNC(=NCCO)NC1CC(OCC)C12CCCC2. The molecule has 5 nitrogen and oxygen atoms in total. The number of aliphatic hydroxyl groups is 1. The van der Waals surface area contributed by atoms with Crippen molar-refractivity contribution in [3.8, 4) is 0 Å². The molecule has 3 N–H and O–H groups in total. The summed E-state index contributed by atoms with van der Waals surface area (Å²) in [6.45, 7) is 6.32. The summed E-state index contributed by atoms with van der Waals surface area (Å²) in [6.07, 6.45) is 6.62. The van der Waals surface area contributed by atoms with Crippen LogP contribution in [0.25, 0.3) is 0 Å². The lowest BCUT2D eigenvalue weighted by Gasteiger charge is -2.54. The Morgan fingerprint density at radius 2 is 2.10 bits per heavy atom. The zero-order chi connectivity index (χ0) is 14.4. The van der Waals surface area contributed by atoms with Crippen LogP contribution in [0.15, 0.2) is 4.99 Å². The van der Waals surface area contributed by atoms with Gasteiger partial charge in [0.2, 0.25) is 0 Å². The molecule has 20 heavy (non-hydrogen) atoms. The molecule has 116 valence electrons. The lowest BCUT2D eigenvalue weighted by Crippen LogP contribution is -2.65. The van der Waals surface area contributed by atoms with Gasteiger partial charge < -0.3 is 20.5 Å². The fraction of sp³-hybridized carbons (Fsp3) is 0.933. The second-order valence-electron chi connectivity index (χ2n) is 5.80. The summed E-state index contributed by atoms with van der Waals surface area (Å²) in [5.41, 5.74) is 0.311. The standard InChI is InChI=1S/C15H29N3O2/c1-3-16-14(17-9-10-19)18-12-11-13(20-4-2)15(12)7-5-6-8-15/h12-13,19H,3-11H2,1-2H3,(H2,16,17,18). The maximum Gasteiger partial charge on any atom is 0.191 e. The summed E-state index contributed by atoms with van der Waals surface area (Å²) < 4.78 is 5.93. The molecule has 2 unspecified atom stereocenters. The lowest BCUT2D eigenvalue weighted by molar-refractivity contribution is -0.125. The van der Waals surface area contributed by atoms with Gasteiger partial charge in [-0.25, -0.2) is 0 Å². The molecule has 2 aliphatic carbocycles. The average Bonchev–Trinajstić information content (AvgIpc) is 2.96. The third kappa shape index (κ3) is 3.09. The fourth-order valence-corrected chi connectivity index (χ4v) is 3.74. The fourth-order valence-electron chi connectivity index (χ4n) is 3.74. The van der Waals surface area contributed by atoms with Crippen molar-refractivity contribution in [2.45, 2.75) is 58.1 Å². The van der Waals surface area contributed by atoms with Gasteiger partial charge in [-0.2, -0.15) is 0 Å². The Balaban J connectivity index is 1.97. The van der Waals surface area contributed by atoms with Crippen LogP contribution < -0.4 is 10.6 Å². The third-order valence-corrected chi connectivity index (χ3v) is 4.71. The Hall–Kier alpha value is -0.810. The van der Waals surface area contributed by atoms with E-state index in [2.05, 4.69) is 29.5 Å². The number of nitrogens with zero attached hydrogens (tertiary/aromatic N) is 1. The highest BCUT2D eigenvalue weighted by atomic mass is 16.5. The van der Waals surface area contributed by atoms with Crippen LogP contribution in [-0.4, -0.2) is 49.5 Å². The van der Waals surface area contributed by atoms with E-state index in [1.807, 2.05) is 0 Å². The topological polar surface area (TPSA) is 65.9 Å². The van der Waals surface area contributed by atoms with E-state index in [0.29, 0.717) is 24.1 Å². The zero-order valence-electron chi connectivity index (χ0n) is 12.8. The summed E-state index contributed by atoms with van der Waals surface area (Å²) in [6, 6.07) is 0.457. The number of hydrogen-bond donors (Lipinski definition) is 3. The number of hydrogen-bond acceptors (Lipinski definition) is 3. The van der Waals surface area contributed by atoms with Crippen molar-refractivity contribution in [3.05, 3.63) is 0 Å². The maximum absolute atomic E-state index is 8.92. The van der Waals surface area contributed by atoms with Gasteiger partial charge in [0.15, 0.2) is 5.96 Å². The van der Waals surface area contributed by atoms with Crippen molar-refractivity contribution in [2.24, 2.45) is 10.4 Å². The van der Waals surface area contributed by atoms with Crippen molar-refractivity contribution in [3.63, 3.8) is 0 Å². The van der Waals surface area contributed by atoms with Crippen molar-refractivity contribution < 1.29 is 9.84 Å². The second kappa shape index (κ2) is 7.27. The minimum absolute atomic E-state index is 0.0912. The number of aliphatic hydroxyl groups excluding tert-OH is 1. The lowest BCUT2D eigenvalue weighted by atomic mass is 9.60. The van der Waals surface area contributed by atoms with Crippen LogP contribution in [0.5, 0.6) is 0 Å². The molecule has 2 saturated carbocycles. The summed E-state index contributed by atoms with van der Waals surface area (Å²) in [4.78, 5) is 4.38. The van der Waals surface area contributed by atoms with E-state index >= 15 is 0 Å². The molecule has 0 aliphatic heterocycles. The summed E-state index contributed by atoms with van der Waals surface area (Å²) in [7, 11) is 0. The number of nitrogens with one attached hydrogen (secondary N) is 2. The van der Waals surface area contributed by atoms with Crippen LogP contribution in [0.1, 0.15) is 46.0 Å². The minimum Gasteiger partial charge on any atom is -0.394 e. The molecule has 0 bridgehead atoms. The number of aliphatic imine (C=N–C) groups is 1. The minimum atomic E-state index is 0.0912. The van der Waals surface area contributed by atoms with E-state index in [-0.39, 0.29) is 6.61 Å². The van der Waals surface area contributed by atoms with Gasteiger partial charge in [0, 0.05) is 24.6 Å². The van der Waals surface area contributed by atoms with Crippen LogP contribution in [0.2, 0.25) is 0 Å². The Kier molecular flexibility index (Phi) is 5.66. The van der Waals surface area contributed by atoms with Gasteiger partial charge in [0.05, 0.1) is 19.3 Å². The van der Waals surface area contributed by atoms with Gasteiger partial charge in [-0.3, -0.25) is 4.99 Å². The second-order valence-corrected chi connectivity index (χ2v) is 5.80. The van der Waals surface area contributed by atoms with Crippen molar-refractivity contribution in [1.29, 1.82) is 0 Å². The first kappa shape index (κ1) is 15.6. The molecule has 5 heteroatoms. The quantitative estimate of drug-likeness (QED) is 0.507. The van der Waals surface area contributed by atoms with E-state index in [1.165, 1.54) is 25.7 Å². The van der Waals surface area contributed by atoms with Crippen LogP contribution in [0.3, 0.4) is 0 Å². The first-order valence-electron chi connectivity index (χ1n) is 8.04. The smallest absolute Gasteiger partial charge is 0.191 e. The molecule has 0 aromatic rings. The molecule has 2 atom stereocenters. The van der Waals surface area contributed by atoms with Gasteiger partial charge >= 0.3 is 0 Å². The summed E-state index contributed by atoms with van der Waals surface area (Å²) in [5, 5.41) is 15.7. The van der Waals surface area contributed by atoms with Crippen molar-refractivity contribution in [2.75, 3.05) is 26.3 Å². The van der Waals surface area contributed by atoms with Gasteiger partial charge in [-0.15, -0.1) is 0 Å². The Morgan fingerprint density at radius 3 is 2.70 bits per heavy atom. The van der Waals surface area contributed by atoms with Gasteiger partial charge in [0.25, 0.3) is 0 Å². The van der Waals surface area contributed by atoms with E-state index in [4.69, 9.17) is 9.84 Å². The summed E-state index contributed by atoms with van der Waals surface area (Å²) >= 11 is 0. The number of guanidine groups is 1. The monoisotopic (exact) mass is 283 g/mol. The van der Waals surface area contributed by atoms with E-state index in [0.717, 1.165) is 25.5 Å². The van der Waals surface area contributed by atoms with Gasteiger partial charge in [-0.05, 0) is 33.1 Å². The molecule has 2 fully saturated rings. The largest absolute Gasteiger partial charge is 0.394 e. The highest BCUT2D eigenvalue weighted by molar-refractivity contribution is 5.80. The molecular formula is C15H29N3O2. The number of ether oxygens (including phenoxy) is 1. The van der Waals surface area contributed by atoms with Crippen LogP contribution in [0.4, 0.5) is 0 Å². The number of rotatable bonds is 6. The predicted molar refractivity (Wildman–Crippen MR) is 80.9 cm³/mol. The van der Waals surface area contributed by atoms with Crippen LogP contribution in [-0.2, 0) is 4.74 Å². The first-order chi connectivity index (χ1) is 9.76. The van der Waals surface area contributed by atoms with Gasteiger partial charge in [0.1, 0.15) is 0 Å². The van der Waals surface area contributed by atoms with E-state index in [9.17, 15) is 0 Å². The normalized spacial score (nSPS) is 28.4. The molecule has 2 rings (SSSR count). The van der Waals surface area contributed by atoms with Crippen LogP contribution in [0, 0.1) is 5.41 Å². The zero-order valence-corrected chi connectivity index (χ0v) is 12.8. The molecule has 0 amide bonds. The highest BCUT2D eigenvalue weighted by Crippen LogP contribution is 2.54. The van der Waals surface area contributed by atoms with E-state index < -0.39 is 0 Å². The van der Waals surface area contributed by atoms with Crippen molar-refractivity contribution >= 4 is 5.96 Å². The summed E-state index contributed by atoms with van der Waals surface area (Å²) in [5.74, 6) is 0.827. The molecule has 0 radical (unpaired) electrons.